The van der Waals surface area contributed by atoms with Crippen LogP contribution in [-0.4, -0.2) is 25.5 Å². The molecule has 7 nitrogen and oxygen atoms in total. The maximum atomic E-state index is 13.4. The van der Waals surface area contributed by atoms with E-state index in [4.69, 9.17) is 9.40 Å². The van der Waals surface area contributed by atoms with Crippen LogP contribution in [0.25, 0.3) is 22.4 Å². The monoisotopic (exact) mass is 512 g/mol. The number of aromatic nitrogens is 3. The molecule has 1 aliphatic carbocycles. The molecular weight excluding hydrogens is 484 g/mol. The molecule has 2 N–H and O–H groups in total. The lowest BCUT2D eigenvalue weighted by molar-refractivity contribution is 0.0936. The number of fused-ring (bicyclic) bond motifs is 1. The van der Waals surface area contributed by atoms with Crippen LogP contribution in [0.4, 0.5) is 0 Å². The van der Waals surface area contributed by atoms with Crippen LogP contribution < -0.4 is 5.32 Å². The number of carbonyl (C=O) groups is 1. The molecule has 0 unspecified atom stereocenters. The van der Waals surface area contributed by atoms with Gasteiger partial charge < -0.3 is 19.4 Å². The lowest BCUT2D eigenvalue weighted by Crippen LogP contribution is -2.30. The summed E-state index contributed by atoms with van der Waals surface area (Å²) in [4.78, 5) is 22.9. The van der Waals surface area contributed by atoms with Crippen molar-refractivity contribution in [2.45, 2.75) is 50.6 Å². The van der Waals surface area contributed by atoms with Crippen molar-refractivity contribution in [2.75, 3.05) is 0 Å². The number of aromatic hydroxyl groups is 1. The quantitative estimate of drug-likeness (QED) is 0.254. The highest BCUT2D eigenvalue weighted by molar-refractivity contribution is 7.07. The Hall–Kier alpha value is -3.91. The van der Waals surface area contributed by atoms with Crippen LogP contribution in [0.5, 0.6) is 5.75 Å². The Morgan fingerprint density at radius 1 is 1.14 bits per heavy atom. The number of thiazole rings is 1. The number of carbonyl (C=O) groups excluding carboxylic acids is 1. The van der Waals surface area contributed by atoms with Gasteiger partial charge in [-0.1, -0.05) is 31.4 Å². The van der Waals surface area contributed by atoms with Crippen LogP contribution in [0.3, 0.4) is 0 Å². The fourth-order valence-electron chi connectivity index (χ4n) is 5.28. The van der Waals surface area contributed by atoms with E-state index in [9.17, 15) is 9.90 Å². The summed E-state index contributed by atoms with van der Waals surface area (Å²) in [6.45, 7) is 0. The van der Waals surface area contributed by atoms with Crippen LogP contribution in [0, 0.1) is 0 Å². The van der Waals surface area contributed by atoms with Gasteiger partial charge in [-0.25, -0.2) is 9.97 Å². The van der Waals surface area contributed by atoms with Gasteiger partial charge in [0.15, 0.2) is 0 Å². The second-order valence-electron chi connectivity index (χ2n) is 9.62. The SMILES string of the molecule is O=C(N[C@@H](Cc1ccc(O)cc1)c1cscn1)c1ccc2c(c1)nc(-c1ccoc1)n2C1CCCCC1. The molecule has 6 rings (SSSR count). The summed E-state index contributed by atoms with van der Waals surface area (Å²) >= 11 is 1.50. The van der Waals surface area contributed by atoms with E-state index in [-0.39, 0.29) is 17.7 Å². The van der Waals surface area contributed by atoms with Gasteiger partial charge in [0.05, 0.1) is 40.1 Å². The van der Waals surface area contributed by atoms with E-state index in [2.05, 4.69) is 14.9 Å². The molecule has 8 heteroatoms. The van der Waals surface area contributed by atoms with E-state index < -0.39 is 0 Å². The van der Waals surface area contributed by atoms with Gasteiger partial charge in [-0.3, -0.25) is 4.79 Å². The first kappa shape index (κ1) is 23.5. The standard InChI is InChI=1S/C29H28N4O3S/c34-23-9-6-19(7-10-23)14-24(26-17-37-18-30-26)32-29(35)20-8-11-27-25(15-20)31-28(21-12-13-36-16-21)33(27)22-4-2-1-3-5-22/h6-13,15-18,22,24,34H,1-5,14H2,(H,32,35)/t24-/m0/s1. The van der Waals surface area contributed by atoms with E-state index >= 15 is 0 Å². The summed E-state index contributed by atoms with van der Waals surface area (Å²) in [5, 5.41) is 14.8. The van der Waals surface area contributed by atoms with Crippen molar-refractivity contribution in [3.05, 3.63) is 88.8 Å². The van der Waals surface area contributed by atoms with Crippen molar-refractivity contribution in [3.8, 4) is 17.1 Å². The maximum Gasteiger partial charge on any atom is 0.251 e. The first-order chi connectivity index (χ1) is 18.2. The van der Waals surface area contributed by atoms with Gasteiger partial charge >= 0.3 is 0 Å². The molecule has 0 aliphatic heterocycles. The Bertz CT molecular complexity index is 1480. The zero-order valence-corrected chi connectivity index (χ0v) is 21.2. The second-order valence-corrected chi connectivity index (χ2v) is 10.3. The number of nitrogens with one attached hydrogen (secondary N) is 1. The molecule has 5 aromatic rings. The molecule has 0 bridgehead atoms. The topological polar surface area (TPSA) is 93.2 Å². The molecule has 0 radical (unpaired) electrons. The average Bonchev–Trinajstić information content (AvgIpc) is 3.70. The molecule has 37 heavy (non-hydrogen) atoms. The summed E-state index contributed by atoms with van der Waals surface area (Å²) < 4.78 is 7.70. The normalized spacial score (nSPS) is 15.1. The average molecular weight is 513 g/mol. The van der Waals surface area contributed by atoms with Gasteiger partial charge in [-0.15, -0.1) is 11.3 Å². The number of nitrogens with zero attached hydrogens (tertiary/aromatic N) is 3. The Morgan fingerprint density at radius 2 is 1.97 bits per heavy atom. The number of rotatable bonds is 7. The minimum absolute atomic E-state index is 0.171. The van der Waals surface area contributed by atoms with Crippen molar-refractivity contribution in [1.29, 1.82) is 0 Å². The fourth-order valence-corrected chi connectivity index (χ4v) is 5.88. The van der Waals surface area contributed by atoms with Gasteiger partial charge in [-0.2, -0.15) is 0 Å². The molecule has 3 heterocycles. The van der Waals surface area contributed by atoms with Crippen molar-refractivity contribution < 1.29 is 14.3 Å². The Labute approximate surface area is 218 Å². The molecule has 0 saturated heterocycles. The molecule has 1 amide bonds. The van der Waals surface area contributed by atoms with Gasteiger partial charge in [0.25, 0.3) is 5.91 Å². The van der Waals surface area contributed by atoms with Gasteiger partial charge in [0.1, 0.15) is 17.8 Å². The largest absolute Gasteiger partial charge is 0.508 e. The third kappa shape index (κ3) is 4.89. The summed E-state index contributed by atoms with van der Waals surface area (Å²) in [5.74, 6) is 0.936. The smallest absolute Gasteiger partial charge is 0.251 e. The zero-order chi connectivity index (χ0) is 25.2. The molecule has 0 spiro atoms. The minimum atomic E-state index is -0.291. The number of phenols is 1. The van der Waals surface area contributed by atoms with Crippen LogP contribution in [0.1, 0.15) is 65.8 Å². The summed E-state index contributed by atoms with van der Waals surface area (Å²) in [5.41, 5.74) is 6.94. The molecule has 1 aliphatic rings. The molecule has 1 fully saturated rings. The lowest BCUT2D eigenvalue weighted by Gasteiger charge is -2.25. The molecule has 1 atom stereocenters. The van der Waals surface area contributed by atoms with Crippen LogP contribution in [-0.2, 0) is 6.42 Å². The molecule has 188 valence electrons. The molecule has 3 aromatic heterocycles. The van der Waals surface area contributed by atoms with E-state index in [0.29, 0.717) is 18.0 Å². The number of furan rings is 1. The minimum Gasteiger partial charge on any atom is -0.508 e. The van der Waals surface area contributed by atoms with Crippen LogP contribution in [0.2, 0.25) is 0 Å². The number of phenolic OH excluding ortho intramolecular Hbond substituents is 1. The van der Waals surface area contributed by atoms with E-state index in [1.165, 1.54) is 30.6 Å². The molecule has 1 saturated carbocycles. The van der Waals surface area contributed by atoms with Crippen molar-refractivity contribution in [2.24, 2.45) is 0 Å². The van der Waals surface area contributed by atoms with Gasteiger partial charge in [-0.05, 0) is 61.2 Å². The predicted octanol–water partition coefficient (Wildman–Crippen LogP) is 6.68. The third-order valence-corrected chi connectivity index (χ3v) is 7.77. The van der Waals surface area contributed by atoms with Crippen molar-refractivity contribution >= 4 is 28.3 Å². The number of benzene rings is 2. The summed E-state index contributed by atoms with van der Waals surface area (Å²) in [6, 6.07) is 14.9. The molecule has 2 aromatic carbocycles. The second kappa shape index (κ2) is 10.2. The number of hydrogen-bond acceptors (Lipinski definition) is 6. The lowest BCUT2D eigenvalue weighted by atomic mass is 9.95. The summed E-state index contributed by atoms with van der Waals surface area (Å²) in [6.07, 6.45) is 9.94. The highest BCUT2D eigenvalue weighted by atomic mass is 32.1. The van der Waals surface area contributed by atoms with Crippen molar-refractivity contribution in [1.82, 2.24) is 19.9 Å². The number of hydrogen-bond donors (Lipinski definition) is 2. The summed E-state index contributed by atoms with van der Waals surface area (Å²) in [7, 11) is 0. The third-order valence-electron chi connectivity index (χ3n) is 7.16. The van der Waals surface area contributed by atoms with E-state index in [0.717, 1.165) is 46.5 Å². The Kier molecular flexibility index (Phi) is 6.49. The van der Waals surface area contributed by atoms with Crippen molar-refractivity contribution in [3.63, 3.8) is 0 Å². The maximum absolute atomic E-state index is 13.4. The highest BCUT2D eigenvalue weighted by Crippen LogP contribution is 2.36. The van der Waals surface area contributed by atoms with E-state index in [1.54, 1.807) is 30.2 Å². The van der Waals surface area contributed by atoms with E-state index in [1.807, 2.05) is 41.8 Å². The van der Waals surface area contributed by atoms with Crippen LogP contribution in [0.15, 0.2) is 76.4 Å². The Morgan fingerprint density at radius 3 is 2.70 bits per heavy atom. The first-order valence-corrected chi connectivity index (χ1v) is 13.6. The Balaban J connectivity index is 1.31. The first-order valence-electron chi connectivity index (χ1n) is 12.7. The highest BCUT2D eigenvalue weighted by Gasteiger charge is 2.24. The number of imidazole rings is 1. The zero-order valence-electron chi connectivity index (χ0n) is 20.3. The predicted molar refractivity (Wildman–Crippen MR) is 144 cm³/mol. The number of amides is 1. The molecular formula is C29H28N4O3S. The van der Waals surface area contributed by atoms with Crippen LogP contribution >= 0.6 is 11.3 Å². The van der Waals surface area contributed by atoms with Gasteiger partial charge in [0.2, 0.25) is 0 Å². The fraction of sp³-hybridized carbons (Fsp3) is 0.276. The van der Waals surface area contributed by atoms with Gasteiger partial charge in [0, 0.05) is 17.0 Å².